The van der Waals surface area contributed by atoms with E-state index in [2.05, 4.69) is 15.5 Å². The third kappa shape index (κ3) is 1.91. The highest BCUT2D eigenvalue weighted by atomic mass is 35.5. The number of halogens is 1. The number of hydrogen-bond acceptors (Lipinski definition) is 3. The molecule has 1 fully saturated rings. The minimum Gasteiger partial charge on any atom is -0.362 e. The number of nitrogens with one attached hydrogen (secondary N) is 1. The van der Waals surface area contributed by atoms with Gasteiger partial charge in [-0.3, -0.25) is 0 Å². The largest absolute Gasteiger partial charge is 0.362 e. The molecule has 0 radical (unpaired) electrons. The summed E-state index contributed by atoms with van der Waals surface area (Å²) >= 11 is 5.83. The first kappa shape index (κ1) is 8.75. The van der Waals surface area contributed by atoms with Crippen LogP contribution in [0.5, 0.6) is 0 Å². The van der Waals surface area contributed by atoms with Crippen molar-refractivity contribution < 1.29 is 0 Å². The summed E-state index contributed by atoms with van der Waals surface area (Å²) in [4.78, 5) is 0. The molecule has 70 valence electrons. The van der Waals surface area contributed by atoms with Crippen molar-refractivity contribution in [3.05, 3.63) is 17.8 Å². The molecule has 1 aliphatic carbocycles. The molecule has 2 rings (SSSR count). The maximum Gasteiger partial charge on any atom is 0.149 e. The molecule has 0 amide bonds. The Morgan fingerprint density at radius 3 is 2.92 bits per heavy atom. The Morgan fingerprint density at radius 2 is 2.38 bits per heavy atom. The van der Waals surface area contributed by atoms with Gasteiger partial charge in [-0.15, -0.1) is 16.7 Å². The number of nitrogens with zero attached hydrogens (tertiary/aromatic N) is 2. The maximum absolute atomic E-state index is 5.83. The lowest BCUT2D eigenvalue weighted by atomic mass is 10.3. The van der Waals surface area contributed by atoms with Crippen LogP contribution in [0.1, 0.15) is 18.4 Å². The van der Waals surface area contributed by atoms with Gasteiger partial charge in [0.1, 0.15) is 5.82 Å². The van der Waals surface area contributed by atoms with Crippen LogP contribution in [0.3, 0.4) is 0 Å². The van der Waals surface area contributed by atoms with Crippen LogP contribution in [-0.4, -0.2) is 21.6 Å². The van der Waals surface area contributed by atoms with Gasteiger partial charge >= 0.3 is 0 Å². The summed E-state index contributed by atoms with van der Waals surface area (Å²) in [7, 11) is 0. The Bertz CT molecular complexity index is 309. The number of aromatic nitrogens is 2. The minimum atomic E-state index is 0.101. The molecular formula is C9H12ClN3. The van der Waals surface area contributed by atoms with Gasteiger partial charge in [0.05, 0.1) is 11.7 Å². The zero-order valence-electron chi connectivity index (χ0n) is 7.55. The molecule has 0 spiro atoms. The third-order valence-electron chi connectivity index (χ3n) is 2.29. The molecule has 13 heavy (non-hydrogen) atoms. The second kappa shape index (κ2) is 3.14. The van der Waals surface area contributed by atoms with E-state index in [-0.39, 0.29) is 5.54 Å². The topological polar surface area (TPSA) is 37.8 Å². The van der Waals surface area contributed by atoms with Crippen LogP contribution in [0.25, 0.3) is 0 Å². The number of rotatable bonds is 3. The second-order valence-corrected chi connectivity index (χ2v) is 3.92. The summed E-state index contributed by atoms with van der Waals surface area (Å²) in [5.74, 6) is 1.47. The molecule has 0 unspecified atom stereocenters. The van der Waals surface area contributed by atoms with Gasteiger partial charge in [0, 0.05) is 5.88 Å². The molecule has 0 saturated heterocycles. The molecule has 4 heteroatoms. The molecule has 1 N–H and O–H groups in total. The zero-order valence-corrected chi connectivity index (χ0v) is 8.30. The lowest BCUT2D eigenvalue weighted by Crippen LogP contribution is -2.23. The van der Waals surface area contributed by atoms with E-state index in [9.17, 15) is 0 Å². The molecule has 1 saturated carbocycles. The van der Waals surface area contributed by atoms with Gasteiger partial charge in [-0.25, -0.2) is 0 Å². The van der Waals surface area contributed by atoms with E-state index in [1.807, 2.05) is 13.0 Å². The highest BCUT2D eigenvalue weighted by molar-refractivity contribution is 6.19. The monoisotopic (exact) mass is 197 g/mol. The fourth-order valence-electron chi connectivity index (χ4n) is 1.24. The Labute approximate surface area is 82.5 Å². The summed E-state index contributed by atoms with van der Waals surface area (Å²) in [6, 6.07) is 1.99. The third-order valence-corrected chi connectivity index (χ3v) is 2.81. The average Bonchev–Trinajstić information content (AvgIpc) is 2.86. The SMILES string of the molecule is Cc1cnnc(NC2(CCl)CC2)c1. The molecular weight excluding hydrogens is 186 g/mol. The van der Waals surface area contributed by atoms with Crippen LogP contribution in [0.2, 0.25) is 0 Å². The van der Waals surface area contributed by atoms with Crippen molar-refractivity contribution in [2.45, 2.75) is 25.3 Å². The fourth-order valence-corrected chi connectivity index (χ4v) is 1.57. The summed E-state index contributed by atoms with van der Waals surface area (Å²) in [5.41, 5.74) is 1.21. The van der Waals surface area contributed by atoms with E-state index >= 15 is 0 Å². The lowest BCUT2D eigenvalue weighted by molar-refractivity contribution is 0.818. The van der Waals surface area contributed by atoms with E-state index in [0.29, 0.717) is 5.88 Å². The van der Waals surface area contributed by atoms with E-state index in [4.69, 9.17) is 11.6 Å². The highest BCUT2D eigenvalue weighted by Gasteiger charge is 2.42. The van der Waals surface area contributed by atoms with Crippen LogP contribution >= 0.6 is 11.6 Å². The van der Waals surface area contributed by atoms with E-state index in [1.165, 1.54) is 0 Å². The molecule has 3 nitrogen and oxygen atoms in total. The zero-order chi connectivity index (χ0) is 9.31. The first-order valence-corrected chi connectivity index (χ1v) is 4.91. The van der Waals surface area contributed by atoms with Crippen LogP contribution in [-0.2, 0) is 0 Å². The van der Waals surface area contributed by atoms with Crippen LogP contribution in [0, 0.1) is 6.92 Å². The van der Waals surface area contributed by atoms with Crippen molar-refractivity contribution in [3.63, 3.8) is 0 Å². The first-order chi connectivity index (χ1) is 6.24. The number of anilines is 1. The molecule has 1 heterocycles. The van der Waals surface area contributed by atoms with Crippen molar-refractivity contribution in [1.29, 1.82) is 0 Å². The number of aryl methyl sites for hydroxylation is 1. The summed E-state index contributed by atoms with van der Waals surface area (Å²) in [6.07, 6.45) is 4.00. The first-order valence-electron chi connectivity index (χ1n) is 4.38. The standard InChI is InChI=1S/C9H12ClN3/c1-7-4-8(13-11-5-7)12-9(6-10)2-3-9/h4-5H,2-3,6H2,1H3,(H,12,13). The van der Waals surface area contributed by atoms with Gasteiger partial charge in [-0.2, -0.15) is 5.10 Å². The van der Waals surface area contributed by atoms with Crippen LogP contribution in [0.4, 0.5) is 5.82 Å². The van der Waals surface area contributed by atoms with E-state index < -0.39 is 0 Å². The Hall–Kier alpha value is -0.830. The van der Waals surface area contributed by atoms with Gasteiger partial charge < -0.3 is 5.32 Å². The Morgan fingerprint density at radius 1 is 1.62 bits per heavy atom. The molecule has 1 aromatic rings. The van der Waals surface area contributed by atoms with E-state index in [0.717, 1.165) is 24.2 Å². The fraction of sp³-hybridized carbons (Fsp3) is 0.556. The van der Waals surface area contributed by atoms with Gasteiger partial charge in [0.25, 0.3) is 0 Å². The van der Waals surface area contributed by atoms with Gasteiger partial charge in [-0.1, -0.05) is 0 Å². The van der Waals surface area contributed by atoms with Gasteiger partial charge in [0.2, 0.25) is 0 Å². The number of alkyl halides is 1. The highest BCUT2D eigenvalue weighted by Crippen LogP contribution is 2.39. The molecule has 1 aliphatic rings. The van der Waals surface area contributed by atoms with Crippen molar-refractivity contribution in [3.8, 4) is 0 Å². The van der Waals surface area contributed by atoms with Gasteiger partial charge in [0.15, 0.2) is 0 Å². The quantitative estimate of drug-likeness (QED) is 0.753. The minimum absolute atomic E-state index is 0.101. The molecule has 1 aromatic heterocycles. The van der Waals surface area contributed by atoms with Crippen molar-refractivity contribution in [1.82, 2.24) is 10.2 Å². The average molecular weight is 198 g/mol. The van der Waals surface area contributed by atoms with Crippen LogP contribution < -0.4 is 5.32 Å². The van der Waals surface area contributed by atoms with Gasteiger partial charge in [-0.05, 0) is 31.4 Å². The predicted octanol–water partition coefficient (Wildman–Crippen LogP) is 1.97. The van der Waals surface area contributed by atoms with Crippen molar-refractivity contribution in [2.75, 3.05) is 11.2 Å². The predicted molar refractivity (Wildman–Crippen MR) is 53.1 cm³/mol. The lowest BCUT2D eigenvalue weighted by Gasteiger charge is -2.13. The number of hydrogen-bond donors (Lipinski definition) is 1. The molecule has 0 aliphatic heterocycles. The Balaban J connectivity index is 2.09. The van der Waals surface area contributed by atoms with Crippen LogP contribution in [0.15, 0.2) is 12.3 Å². The summed E-state index contributed by atoms with van der Waals surface area (Å²) in [6.45, 7) is 2.00. The smallest absolute Gasteiger partial charge is 0.149 e. The van der Waals surface area contributed by atoms with Crippen molar-refractivity contribution >= 4 is 17.4 Å². The molecule has 0 aromatic carbocycles. The maximum atomic E-state index is 5.83. The van der Waals surface area contributed by atoms with Crippen molar-refractivity contribution in [2.24, 2.45) is 0 Å². The Kier molecular flexibility index (Phi) is 2.12. The molecule has 0 bridgehead atoms. The summed E-state index contributed by atoms with van der Waals surface area (Å²) in [5, 5.41) is 11.2. The normalized spacial score (nSPS) is 18.3. The molecule has 0 atom stereocenters. The van der Waals surface area contributed by atoms with E-state index in [1.54, 1.807) is 6.20 Å². The second-order valence-electron chi connectivity index (χ2n) is 3.66. The summed E-state index contributed by atoms with van der Waals surface area (Å²) < 4.78 is 0.